The molecule has 0 aliphatic rings. The molecule has 0 spiro atoms. The summed E-state index contributed by atoms with van der Waals surface area (Å²) in [5.41, 5.74) is 2.96. The van der Waals surface area contributed by atoms with Gasteiger partial charge >= 0.3 is 0 Å². The zero-order chi connectivity index (χ0) is 16.2. The standard InChI is InChI=1S/C19H19N3O/c1-14-4-3-5-16-17(14)12-21-13-18(16)19(23)22(2)11-8-15-6-9-20-10-7-15/h3-7,9-10,12-13H,8,11H2,1-2H3. The Balaban J connectivity index is 1.81. The molecule has 2 heterocycles. The first-order chi connectivity index (χ1) is 11.2. The van der Waals surface area contributed by atoms with E-state index >= 15 is 0 Å². The smallest absolute Gasteiger partial charge is 0.255 e. The van der Waals surface area contributed by atoms with Gasteiger partial charge in [0.1, 0.15) is 0 Å². The van der Waals surface area contributed by atoms with Crippen molar-refractivity contribution in [3.63, 3.8) is 0 Å². The van der Waals surface area contributed by atoms with Gasteiger partial charge in [0.25, 0.3) is 5.91 Å². The quantitative estimate of drug-likeness (QED) is 0.743. The predicted octanol–water partition coefficient (Wildman–Crippen LogP) is 3.25. The van der Waals surface area contributed by atoms with Crippen LogP contribution >= 0.6 is 0 Å². The first-order valence-corrected chi connectivity index (χ1v) is 7.64. The van der Waals surface area contributed by atoms with Crippen LogP contribution in [0.1, 0.15) is 21.5 Å². The normalized spacial score (nSPS) is 10.7. The third-order valence-electron chi connectivity index (χ3n) is 4.08. The number of hydrogen-bond acceptors (Lipinski definition) is 3. The molecule has 0 fully saturated rings. The number of amides is 1. The lowest BCUT2D eigenvalue weighted by molar-refractivity contribution is 0.0798. The summed E-state index contributed by atoms with van der Waals surface area (Å²) in [4.78, 5) is 22.8. The van der Waals surface area contributed by atoms with Crippen LogP contribution in [-0.2, 0) is 6.42 Å². The Kier molecular flexibility index (Phi) is 4.33. The molecule has 3 rings (SSSR count). The van der Waals surface area contributed by atoms with Crippen LogP contribution in [0.5, 0.6) is 0 Å². The first kappa shape index (κ1) is 15.2. The number of nitrogens with zero attached hydrogens (tertiary/aromatic N) is 3. The van der Waals surface area contributed by atoms with Gasteiger partial charge in [-0.3, -0.25) is 14.8 Å². The number of likely N-dealkylation sites (N-methyl/N-ethyl adjacent to an activating group) is 1. The summed E-state index contributed by atoms with van der Waals surface area (Å²) >= 11 is 0. The lowest BCUT2D eigenvalue weighted by atomic mass is 10.0. The fraction of sp³-hybridized carbons (Fsp3) is 0.211. The second kappa shape index (κ2) is 6.57. The van der Waals surface area contributed by atoms with Crippen molar-refractivity contribution < 1.29 is 4.79 Å². The van der Waals surface area contributed by atoms with E-state index in [0.29, 0.717) is 12.1 Å². The lowest BCUT2D eigenvalue weighted by Gasteiger charge is -2.18. The van der Waals surface area contributed by atoms with Crippen molar-refractivity contribution in [2.45, 2.75) is 13.3 Å². The molecular weight excluding hydrogens is 286 g/mol. The van der Waals surface area contributed by atoms with Gasteiger partial charge in [0, 0.05) is 43.8 Å². The molecule has 4 heteroatoms. The Morgan fingerprint density at radius 1 is 1.04 bits per heavy atom. The molecule has 0 aliphatic heterocycles. The van der Waals surface area contributed by atoms with E-state index in [1.807, 2.05) is 50.5 Å². The van der Waals surface area contributed by atoms with E-state index in [1.165, 1.54) is 5.56 Å². The SMILES string of the molecule is Cc1cccc2c(C(=O)N(C)CCc3ccncc3)cncc12. The predicted molar refractivity (Wildman–Crippen MR) is 91.4 cm³/mol. The average molecular weight is 305 g/mol. The van der Waals surface area contributed by atoms with Crippen LogP contribution in [0.4, 0.5) is 0 Å². The molecular formula is C19H19N3O. The summed E-state index contributed by atoms with van der Waals surface area (Å²) in [6.45, 7) is 2.69. The topological polar surface area (TPSA) is 46.1 Å². The highest BCUT2D eigenvalue weighted by Crippen LogP contribution is 2.21. The Morgan fingerprint density at radius 3 is 2.61 bits per heavy atom. The number of fused-ring (bicyclic) bond motifs is 1. The number of aromatic nitrogens is 2. The van der Waals surface area contributed by atoms with Gasteiger partial charge in [-0.05, 0) is 42.0 Å². The highest BCUT2D eigenvalue weighted by atomic mass is 16.2. The summed E-state index contributed by atoms with van der Waals surface area (Å²) in [6, 6.07) is 9.94. The van der Waals surface area contributed by atoms with Gasteiger partial charge in [0.2, 0.25) is 0 Å². The van der Waals surface area contributed by atoms with Crippen molar-refractivity contribution in [1.29, 1.82) is 0 Å². The van der Waals surface area contributed by atoms with Crippen LogP contribution < -0.4 is 0 Å². The number of rotatable bonds is 4. The van der Waals surface area contributed by atoms with Gasteiger partial charge in [-0.15, -0.1) is 0 Å². The highest BCUT2D eigenvalue weighted by molar-refractivity contribution is 6.07. The fourth-order valence-corrected chi connectivity index (χ4v) is 2.67. The van der Waals surface area contributed by atoms with Crippen LogP contribution in [-0.4, -0.2) is 34.4 Å². The first-order valence-electron chi connectivity index (χ1n) is 7.64. The maximum Gasteiger partial charge on any atom is 0.255 e. The minimum Gasteiger partial charge on any atom is -0.341 e. The molecule has 0 saturated heterocycles. The molecule has 3 aromatic rings. The molecule has 23 heavy (non-hydrogen) atoms. The Bertz CT molecular complexity index is 830. The van der Waals surface area contributed by atoms with E-state index in [9.17, 15) is 4.79 Å². The third-order valence-corrected chi connectivity index (χ3v) is 4.08. The van der Waals surface area contributed by atoms with Gasteiger partial charge in [-0.25, -0.2) is 0 Å². The van der Waals surface area contributed by atoms with E-state index in [4.69, 9.17) is 0 Å². The van der Waals surface area contributed by atoms with Gasteiger partial charge < -0.3 is 4.90 Å². The third kappa shape index (κ3) is 3.21. The molecule has 0 atom stereocenters. The van der Waals surface area contributed by atoms with Crippen LogP contribution in [0.3, 0.4) is 0 Å². The van der Waals surface area contributed by atoms with Crippen molar-refractivity contribution >= 4 is 16.7 Å². The summed E-state index contributed by atoms with van der Waals surface area (Å²) in [7, 11) is 1.83. The zero-order valence-electron chi connectivity index (χ0n) is 13.4. The van der Waals surface area contributed by atoms with E-state index in [1.54, 1.807) is 23.5 Å². The number of carbonyl (C=O) groups excluding carboxylic acids is 1. The van der Waals surface area contributed by atoms with E-state index in [2.05, 4.69) is 9.97 Å². The maximum atomic E-state index is 12.8. The number of carbonyl (C=O) groups is 1. The molecule has 0 unspecified atom stereocenters. The largest absolute Gasteiger partial charge is 0.341 e. The van der Waals surface area contributed by atoms with Crippen molar-refractivity contribution in [1.82, 2.24) is 14.9 Å². The molecule has 0 aliphatic carbocycles. The molecule has 0 radical (unpaired) electrons. The molecule has 1 aromatic carbocycles. The van der Waals surface area contributed by atoms with E-state index < -0.39 is 0 Å². The maximum absolute atomic E-state index is 12.8. The molecule has 0 N–H and O–H groups in total. The van der Waals surface area contributed by atoms with Gasteiger partial charge in [0.15, 0.2) is 0 Å². The number of hydrogen-bond donors (Lipinski definition) is 0. The van der Waals surface area contributed by atoms with Crippen LogP contribution in [0.15, 0.2) is 55.1 Å². The monoisotopic (exact) mass is 305 g/mol. The van der Waals surface area contributed by atoms with Crippen LogP contribution in [0.25, 0.3) is 10.8 Å². The van der Waals surface area contributed by atoms with Crippen LogP contribution in [0, 0.1) is 6.92 Å². The minimum absolute atomic E-state index is 0.00255. The van der Waals surface area contributed by atoms with Crippen molar-refractivity contribution in [3.05, 3.63) is 71.8 Å². The summed E-state index contributed by atoms with van der Waals surface area (Å²) in [6.07, 6.45) is 7.83. The summed E-state index contributed by atoms with van der Waals surface area (Å²) < 4.78 is 0. The van der Waals surface area contributed by atoms with Crippen molar-refractivity contribution in [2.24, 2.45) is 0 Å². The zero-order valence-corrected chi connectivity index (χ0v) is 13.4. The number of pyridine rings is 2. The molecule has 4 nitrogen and oxygen atoms in total. The Hall–Kier alpha value is -2.75. The summed E-state index contributed by atoms with van der Waals surface area (Å²) in [5.74, 6) is 0.00255. The van der Waals surface area contributed by atoms with Gasteiger partial charge in [-0.2, -0.15) is 0 Å². The molecule has 0 bridgehead atoms. The van der Waals surface area contributed by atoms with E-state index in [0.717, 1.165) is 22.8 Å². The highest BCUT2D eigenvalue weighted by Gasteiger charge is 2.15. The molecule has 2 aromatic heterocycles. The summed E-state index contributed by atoms with van der Waals surface area (Å²) in [5, 5.41) is 1.99. The van der Waals surface area contributed by atoms with Crippen LogP contribution in [0.2, 0.25) is 0 Å². The van der Waals surface area contributed by atoms with Gasteiger partial charge in [0.05, 0.1) is 5.56 Å². The number of benzene rings is 1. The Morgan fingerprint density at radius 2 is 1.83 bits per heavy atom. The van der Waals surface area contributed by atoms with Crippen molar-refractivity contribution in [2.75, 3.05) is 13.6 Å². The van der Waals surface area contributed by atoms with Gasteiger partial charge in [-0.1, -0.05) is 18.2 Å². The molecule has 1 amide bonds. The molecule has 116 valence electrons. The van der Waals surface area contributed by atoms with E-state index in [-0.39, 0.29) is 5.91 Å². The second-order valence-electron chi connectivity index (χ2n) is 5.69. The molecule has 0 saturated carbocycles. The minimum atomic E-state index is 0.00255. The second-order valence-corrected chi connectivity index (χ2v) is 5.69. The lowest BCUT2D eigenvalue weighted by Crippen LogP contribution is -2.29. The average Bonchev–Trinajstić information content (AvgIpc) is 2.60. The fourth-order valence-electron chi connectivity index (χ4n) is 2.67. The Labute approximate surface area is 135 Å². The van der Waals surface area contributed by atoms with Crippen molar-refractivity contribution in [3.8, 4) is 0 Å². The number of aryl methyl sites for hydroxylation is 1.